The highest BCUT2D eigenvalue weighted by Gasteiger charge is 2.33. The summed E-state index contributed by atoms with van der Waals surface area (Å²) in [6, 6.07) is 0. The van der Waals surface area contributed by atoms with Gasteiger partial charge in [-0.25, -0.2) is 8.78 Å². The quantitative estimate of drug-likeness (QED) is 0.226. The van der Waals surface area contributed by atoms with Gasteiger partial charge in [0, 0.05) is 0 Å². The van der Waals surface area contributed by atoms with Gasteiger partial charge >= 0.3 is 5.97 Å². The van der Waals surface area contributed by atoms with E-state index in [0.29, 0.717) is 0 Å². The summed E-state index contributed by atoms with van der Waals surface area (Å²) in [4.78, 5) is 11.9. The Morgan fingerprint density at radius 1 is 0.793 bits per heavy atom. The van der Waals surface area contributed by atoms with E-state index in [0.717, 1.165) is 43.4 Å². The Bertz CT molecular complexity index is 425. The van der Waals surface area contributed by atoms with Gasteiger partial charge in [-0.1, -0.05) is 77.6 Å². The Hall–Kier alpha value is -0.670. The zero-order valence-electron chi connectivity index (χ0n) is 18.7. The minimum absolute atomic E-state index is 0.150. The van der Waals surface area contributed by atoms with Crippen LogP contribution in [0.25, 0.3) is 0 Å². The fourth-order valence-corrected chi connectivity index (χ4v) is 5.60. The predicted molar refractivity (Wildman–Crippen MR) is 115 cm³/mol. The molecule has 0 aliphatic heterocycles. The van der Waals surface area contributed by atoms with Gasteiger partial charge in [0.1, 0.15) is 0 Å². The molecule has 0 unspecified atom stereocenters. The monoisotopic (exact) mass is 414 g/mol. The van der Waals surface area contributed by atoms with Crippen molar-refractivity contribution in [3.8, 4) is 0 Å². The van der Waals surface area contributed by atoms with E-state index in [1.165, 1.54) is 83.5 Å². The summed E-state index contributed by atoms with van der Waals surface area (Å²) in [6.07, 6.45) is 19.4. The van der Waals surface area contributed by atoms with E-state index in [2.05, 4.69) is 6.92 Å². The van der Waals surface area contributed by atoms with Gasteiger partial charge in [-0.2, -0.15) is 0 Å². The molecule has 0 amide bonds. The molecule has 0 radical (unpaired) electrons. The number of alkyl halides is 2. The van der Waals surface area contributed by atoms with Crippen LogP contribution in [0.2, 0.25) is 0 Å². The summed E-state index contributed by atoms with van der Waals surface area (Å²) in [7, 11) is 0. The number of rotatable bonds is 13. The van der Waals surface area contributed by atoms with Crippen LogP contribution in [0.1, 0.15) is 116 Å². The predicted octanol–water partition coefficient (Wildman–Crippen LogP) is 7.94. The third-order valence-electron chi connectivity index (χ3n) is 7.48. The molecule has 2 fully saturated rings. The van der Waals surface area contributed by atoms with Gasteiger partial charge in [0.15, 0.2) is 6.61 Å². The van der Waals surface area contributed by atoms with Crippen LogP contribution in [0.4, 0.5) is 8.78 Å². The number of esters is 1. The lowest BCUT2D eigenvalue weighted by atomic mass is 9.68. The Morgan fingerprint density at radius 3 is 1.86 bits per heavy atom. The van der Waals surface area contributed by atoms with Crippen LogP contribution < -0.4 is 0 Å². The molecule has 2 nitrogen and oxygen atoms in total. The molecule has 2 aliphatic rings. The molecule has 0 atom stereocenters. The molecule has 29 heavy (non-hydrogen) atoms. The van der Waals surface area contributed by atoms with Gasteiger partial charge in [-0.15, -0.1) is 0 Å². The molecule has 4 heteroatoms. The first-order chi connectivity index (χ1) is 14.1. The van der Waals surface area contributed by atoms with E-state index >= 15 is 0 Å². The smallest absolute Gasteiger partial charge is 0.309 e. The first-order valence-corrected chi connectivity index (χ1v) is 12.5. The van der Waals surface area contributed by atoms with Crippen molar-refractivity contribution in [2.24, 2.45) is 23.7 Å². The van der Waals surface area contributed by atoms with E-state index < -0.39 is 19.0 Å². The first-order valence-electron chi connectivity index (χ1n) is 12.5. The zero-order chi connectivity index (χ0) is 20.9. The average molecular weight is 415 g/mol. The van der Waals surface area contributed by atoms with Gasteiger partial charge < -0.3 is 4.74 Å². The Balaban J connectivity index is 1.51. The van der Waals surface area contributed by atoms with Crippen LogP contribution in [0.5, 0.6) is 0 Å². The minimum Gasteiger partial charge on any atom is -0.459 e. The fraction of sp³-hybridized carbons (Fsp3) is 0.960. The first kappa shape index (κ1) is 24.6. The summed E-state index contributed by atoms with van der Waals surface area (Å²) < 4.78 is 29.1. The van der Waals surface area contributed by atoms with Crippen molar-refractivity contribution in [2.45, 2.75) is 123 Å². The maximum absolute atomic E-state index is 12.2. The highest BCUT2D eigenvalue weighted by Crippen LogP contribution is 2.42. The normalized spacial score (nSPS) is 27.9. The largest absolute Gasteiger partial charge is 0.459 e. The SMILES string of the molecule is CCCCCCCCCC[C@H]1CC[C@H]([C@H]2CC[C@H](C(=O)OCC(F)F)CC2)CC1. The minimum atomic E-state index is -2.56. The van der Waals surface area contributed by atoms with Crippen LogP contribution in [0.3, 0.4) is 0 Å². The molecule has 0 spiro atoms. The van der Waals surface area contributed by atoms with Crippen molar-refractivity contribution in [3.05, 3.63) is 0 Å². The van der Waals surface area contributed by atoms with Crippen molar-refractivity contribution in [2.75, 3.05) is 6.61 Å². The number of carbonyl (C=O) groups excluding carboxylic acids is 1. The third kappa shape index (κ3) is 9.79. The Kier molecular flexibility index (Phi) is 12.2. The molecule has 0 saturated heterocycles. The number of halogens is 2. The number of hydrogen-bond acceptors (Lipinski definition) is 2. The Morgan fingerprint density at radius 2 is 1.31 bits per heavy atom. The molecule has 2 saturated carbocycles. The van der Waals surface area contributed by atoms with Crippen LogP contribution in [0.15, 0.2) is 0 Å². The second kappa shape index (κ2) is 14.4. The lowest BCUT2D eigenvalue weighted by molar-refractivity contribution is -0.154. The van der Waals surface area contributed by atoms with E-state index in [9.17, 15) is 13.6 Å². The molecule has 0 bridgehead atoms. The van der Waals surface area contributed by atoms with Gasteiger partial charge in [-0.3, -0.25) is 4.79 Å². The lowest BCUT2D eigenvalue weighted by Gasteiger charge is -2.37. The summed E-state index contributed by atoms with van der Waals surface area (Å²) in [5.74, 6) is 1.94. The topological polar surface area (TPSA) is 26.3 Å². The van der Waals surface area contributed by atoms with E-state index in [1.54, 1.807) is 0 Å². The third-order valence-corrected chi connectivity index (χ3v) is 7.48. The van der Waals surface area contributed by atoms with Gasteiger partial charge in [-0.05, 0) is 56.3 Å². The van der Waals surface area contributed by atoms with Crippen molar-refractivity contribution >= 4 is 5.97 Å². The second-order valence-corrected chi connectivity index (χ2v) is 9.68. The summed E-state index contributed by atoms with van der Waals surface area (Å²) in [5, 5.41) is 0. The van der Waals surface area contributed by atoms with Crippen LogP contribution in [0, 0.1) is 23.7 Å². The summed E-state index contributed by atoms with van der Waals surface area (Å²) in [6.45, 7) is 1.53. The number of ether oxygens (including phenoxy) is 1. The molecule has 0 aromatic heterocycles. The molecular weight excluding hydrogens is 370 g/mol. The molecule has 0 N–H and O–H groups in total. The van der Waals surface area contributed by atoms with Crippen LogP contribution in [-0.2, 0) is 9.53 Å². The molecule has 0 heterocycles. The average Bonchev–Trinajstić information content (AvgIpc) is 2.74. The number of carbonyl (C=O) groups is 1. The molecule has 0 aromatic carbocycles. The van der Waals surface area contributed by atoms with Gasteiger partial charge in [0.05, 0.1) is 5.92 Å². The van der Waals surface area contributed by atoms with Crippen molar-refractivity contribution in [3.63, 3.8) is 0 Å². The van der Waals surface area contributed by atoms with E-state index in [1.807, 2.05) is 0 Å². The zero-order valence-corrected chi connectivity index (χ0v) is 18.7. The van der Waals surface area contributed by atoms with Crippen molar-refractivity contribution < 1.29 is 18.3 Å². The van der Waals surface area contributed by atoms with Gasteiger partial charge in [0.25, 0.3) is 6.43 Å². The fourth-order valence-electron chi connectivity index (χ4n) is 5.60. The highest BCUT2D eigenvalue weighted by atomic mass is 19.3. The van der Waals surface area contributed by atoms with E-state index in [-0.39, 0.29) is 5.92 Å². The molecule has 170 valence electrons. The van der Waals surface area contributed by atoms with Crippen LogP contribution in [-0.4, -0.2) is 19.0 Å². The van der Waals surface area contributed by atoms with E-state index in [4.69, 9.17) is 4.74 Å². The Labute approximate surface area is 177 Å². The number of unbranched alkanes of at least 4 members (excludes halogenated alkanes) is 7. The molecule has 2 rings (SSSR count). The second-order valence-electron chi connectivity index (χ2n) is 9.68. The van der Waals surface area contributed by atoms with Crippen molar-refractivity contribution in [1.29, 1.82) is 0 Å². The van der Waals surface area contributed by atoms with Gasteiger partial charge in [0.2, 0.25) is 0 Å². The summed E-state index contributed by atoms with van der Waals surface area (Å²) in [5.41, 5.74) is 0. The molecule has 0 aromatic rings. The maximum atomic E-state index is 12.2. The lowest BCUT2D eigenvalue weighted by Crippen LogP contribution is -2.29. The standard InChI is InChI=1S/C25H44F2O2/c1-2-3-4-5-6-7-8-9-10-20-11-13-21(14-12-20)22-15-17-23(18-16-22)25(28)29-19-24(26)27/h20-24H,2-19H2,1H3/t20-,21-,22-,23-. The maximum Gasteiger partial charge on any atom is 0.309 e. The molecule has 2 aliphatic carbocycles. The molecular formula is C25H44F2O2. The highest BCUT2D eigenvalue weighted by molar-refractivity contribution is 5.72. The number of hydrogen-bond donors (Lipinski definition) is 0. The summed E-state index contributed by atoms with van der Waals surface area (Å²) >= 11 is 0. The van der Waals surface area contributed by atoms with Crippen LogP contribution >= 0.6 is 0 Å². The van der Waals surface area contributed by atoms with Crippen molar-refractivity contribution in [1.82, 2.24) is 0 Å².